The largest absolute Gasteiger partial charge is 0.481 e. The number of hydrogen-bond donors (Lipinski definition) is 3. The second-order valence-electron chi connectivity index (χ2n) is 11.3. The molecule has 7 nitrogen and oxygen atoms in total. The van der Waals surface area contributed by atoms with Crippen molar-refractivity contribution in [1.29, 1.82) is 0 Å². The maximum absolute atomic E-state index is 14.0. The first-order valence-corrected chi connectivity index (χ1v) is 14.0. The molecule has 1 aliphatic rings. The van der Waals surface area contributed by atoms with E-state index < -0.39 is 34.8 Å². The standard InChI is InChI=1S/C30H28F4N4O3S/c1-16-10-17(4-5-22(16)31)18-11-19(13-20(12-18)37-27-35-9-7-24(38-27)30(32,33)34)23-14-36-26(42-23)29(41)8-6-21(25(39)40)28(2,3)15-29/h4-5,7,9-14,21,41H,6,8,15H2,1-3H3,(H,39,40)(H,35,37,38)/t21-,29-/m1/s1. The summed E-state index contributed by atoms with van der Waals surface area (Å²) in [5, 5.41) is 24.5. The van der Waals surface area contributed by atoms with Gasteiger partial charge in [-0.25, -0.2) is 19.3 Å². The van der Waals surface area contributed by atoms with E-state index in [-0.39, 0.29) is 24.6 Å². The summed E-state index contributed by atoms with van der Waals surface area (Å²) < 4.78 is 53.7. The van der Waals surface area contributed by atoms with E-state index in [1.54, 1.807) is 37.4 Å². The Labute approximate surface area is 243 Å². The molecular formula is C30H28F4N4O3S. The Morgan fingerprint density at radius 2 is 1.81 bits per heavy atom. The van der Waals surface area contributed by atoms with Gasteiger partial charge in [-0.1, -0.05) is 19.9 Å². The van der Waals surface area contributed by atoms with Gasteiger partial charge < -0.3 is 15.5 Å². The third-order valence-corrected chi connectivity index (χ3v) is 8.89. The highest BCUT2D eigenvalue weighted by Gasteiger charge is 2.49. The van der Waals surface area contributed by atoms with Crippen LogP contribution in [-0.4, -0.2) is 31.1 Å². The van der Waals surface area contributed by atoms with Crippen LogP contribution in [0.2, 0.25) is 0 Å². The van der Waals surface area contributed by atoms with Gasteiger partial charge in [-0.15, -0.1) is 11.3 Å². The Kier molecular flexibility index (Phi) is 7.56. The molecule has 0 aliphatic heterocycles. The number of carboxylic acids is 1. The van der Waals surface area contributed by atoms with Gasteiger partial charge in [0.15, 0.2) is 0 Å². The number of nitrogens with one attached hydrogen (secondary N) is 1. The summed E-state index contributed by atoms with van der Waals surface area (Å²) in [6.45, 7) is 5.29. The number of carbonyl (C=O) groups is 1. The molecule has 2 heterocycles. The SMILES string of the molecule is Cc1cc(-c2cc(Nc3nccc(C(F)(F)F)n3)cc(-c3cnc([C@@]4(O)CC[C@H](C(=O)O)C(C)(C)C4)s3)c2)ccc1F. The van der Waals surface area contributed by atoms with E-state index in [0.29, 0.717) is 44.2 Å². The normalized spacial score (nSPS) is 20.3. The number of aromatic nitrogens is 3. The molecule has 3 N–H and O–H groups in total. The fraction of sp³-hybridized carbons (Fsp3) is 0.333. The number of aliphatic carboxylic acids is 1. The number of rotatable bonds is 6. The predicted molar refractivity (Wildman–Crippen MR) is 151 cm³/mol. The molecule has 2 atom stereocenters. The average Bonchev–Trinajstić information content (AvgIpc) is 3.41. The fourth-order valence-electron chi connectivity index (χ4n) is 5.54. The van der Waals surface area contributed by atoms with Crippen molar-refractivity contribution >= 4 is 28.9 Å². The van der Waals surface area contributed by atoms with Crippen molar-refractivity contribution in [2.24, 2.45) is 11.3 Å². The van der Waals surface area contributed by atoms with Crippen molar-refractivity contribution in [3.63, 3.8) is 0 Å². The lowest BCUT2D eigenvalue weighted by molar-refractivity contribution is -0.154. The minimum absolute atomic E-state index is 0.221. The van der Waals surface area contributed by atoms with Crippen LogP contribution in [0.3, 0.4) is 0 Å². The van der Waals surface area contributed by atoms with Gasteiger partial charge in [-0.3, -0.25) is 4.79 Å². The molecular weight excluding hydrogens is 572 g/mol. The van der Waals surface area contributed by atoms with Gasteiger partial charge in [0.05, 0.1) is 10.8 Å². The van der Waals surface area contributed by atoms with Crippen LogP contribution in [0.15, 0.2) is 54.9 Å². The zero-order chi connectivity index (χ0) is 30.4. The topological polar surface area (TPSA) is 108 Å². The van der Waals surface area contributed by atoms with Gasteiger partial charge >= 0.3 is 12.1 Å². The van der Waals surface area contributed by atoms with Gasteiger partial charge in [-0.05, 0) is 90.3 Å². The summed E-state index contributed by atoms with van der Waals surface area (Å²) in [6.07, 6.45) is -1.25. The number of aliphatic hydroxyl groups is 1. The maximum Gasteiger partial charge on any atom is 0.433 e. The second kappa shape index (κ2) is 10.7. The third kappa shape index (κ3) is 6.00. The van der Waals surface area contributed by atoms with Crippen LogP contribution in [0, 0.1) is 24.1 Å². The number of nitrogens with zero attached hydrogens (tertiary/aromatic N) is 3. The van der Waals surface area contributed by atoms with Crippen molar-refractivity contribution in [1.82, 2.24) is 15.0 Å². The van der Waals surface area contributed by atoms with Crippen molar-refractivity contribution in [2.75, 3.05) is 5.32 Å². The number of benzene rings is 2. The van der Waals surface area contributed by atoms with Crippen LogP contribution in [0.5, 0.6) is 0 Å². The highest BCUT2D eigenvalue weighted by molar-refractivity contribution is 7.15. The summed E-state index contributed by atoms with van der Waals surface area (Å²) in [6, 6.07) is 10.6. The summed E-state index contributed by atoms with van der Waals surface area (Å²) in [5.41, 5.74) is -0.260. The van der Waals surface area contributed by atoms with E-state index >= 15 is 0 Å². The molecule has 2 aromatic carbocycles. The maximum atomic E-state index is 14.0. The first-order chi connectivity index (χ1) is 19.6. The molecule has 1 fully saturated rings. The molecule has 5 rings (SSSR count). The zero-order valence-electron chi connectivity index (χ0n) is 23.0. The number of aryl methyl sites for hydroxylation is 1. The van der Waals surface area contributed by atoms with E-state index in [1.807, 2.05) is 19.9 Å². The van der Waals surface area contributed by atoms with Gasteiger partial charge in [-0.2, -0.15) is 13.2 Å². The van der Waals surface area contributed by atoms with Gasteiger partial charge in [0.1, 0.15) is 22.1 Å². The van der Waals surface area contributed by atoms with Gasteiger partial charge in [0.2, 0.25) is 5.95 Å². The fourth-order valence-corrected chi connectivity index (χ4v) is 6.56. The summed E-state index contributed by atoms with van der Waals surface area (Å²) >= 11 is 1.26. The monoisotopic (exact) mass is 600 g/mol. The Morgan fingerprint density at radius 1 is 1.07 bits per heavy atom. The Hall–Kier alpha value is -3.90. The summed E-state index contributed by atoms with van der Waals surface area (Å²) in [7, 11) is 0. The van der Waals surface area contributed by atoms with E-state index in [0.717, 1.165) is 12.3 Å². The average molecular weight is 601 g/mol. The van der Waals surface area contributed by atoms with E-state index in [2.05, 4.69) is 20.3 Å². The molecule has 4 aromatic rings. The lowest BCUT2D eigenvalue weighted by Crippen LogP contribution is -2.44. The van der Waals surface area contributed by atoms with Gasteiger partial charge in [0, 0.05) is 18.1 Å². The molecule has 0 bridgehead atoms. The number of anilines is 2. The lowest BCUT2D eigenvalue weighted by atomic mass is 9.63. The smallest absolute Gasteiger partial charge is 0.433 e. The van der Waals surface area contributed by atoms with Gasteiger partial charge in [0.25, 0.3) is 0 Å². The lowest BCUT2D eigenvalue weighted by Gasteiger charge is -2.44. The molecule has 0 radical (unpaired) electrons. The van der Waals surface area contributed by atoms with Crippen molar-refractivity contribution < 1.29 is 32.6 Å². The van der Waals surface area contributed by atoms with Crippen molar-refractivity contribution in [2.45, 2.75) is 51.8 Å². The number of carboxylic acid groups (broad SMARTS) is 1. The Morgan fingerprint density at radius 3 is 2.48 bits per heavy atom. The molecule has 0 unspecified atom stereocenters. The molecule has 1 saturated carbocycles. The highest BCUT2D eigenvalue weighted by Crippen LogP contribution is 2.51. The molecule has 220 valence electrons. The van der Waals surface area contributed by atoms with E-state index in [9.17, 15) is 32.6 Å². The zero-order valence-corrected chi connectivity index (χ0v) is 23.8. The second-order valence-corrected chi connectivity index (χ2v) is 12.3. The molecule has 1 aliphatic carbocycles. The first kappa shape index (κ1) is 29.6. The number of hydrogen-bond acceptors (Lipinski definition) is 7. The first-order valence-electron chi connectivity index (χ1n) is 13.2. The van der Waals surface area contributed by atoms with Crippen LogP contribution in [0.4, 0.5) is 29.2 Å². The minimum Gasteiger partial charge on any atom is -0.481 e. The number of alkyl halides is 3. The molecule has 2 aromatic heterocycles. The molecule has 0 spiro atoms. The molecule has 0 amide bonds. The van der Waals surface area contributed by atoms with Crippen LogP contribution >= 0.6 is 11.3 Å². The molecule has 12 heteroatoms. The summed E-state index contributed by atoms with van der Waals surface area (Å²) in [4.78, 5) is 24.4. The van der Waals surface area contributed by atoms with Crippen LogP contribution in [0.25, 0.3) is 21.6 Å². The predicted octanol–water partition coefficient (Wildman–Crippen LogP) is 7.58. The van der Waals surface area contributed by atoms with Crippen LogP contribution in [0.1, 0.15) is 49.4 Å². The molecule has 42 heavy (non-hydrogen) atoms. The third-order valence-electron chi connectivity index (χ3n) is 7.65. The van der Waals surface area contributed by atoms with E-state index in [1.165, 1.54) is 17.4 Å². The highest BCUT2D eigenvalue weighted by atomic mass is 32.1. The Balaban J connectivity index is 1.54. The van der Waals surface area contributed by atoms with E-state index in [4.69, 9.17) is 0 Å². The number of thiazole rings is 1. The Bertz CT molecular complexity index is 1660. The summed E-state index contributed by atoms with van der Waals surface area (Å²) in [5.74, 6) is -2.09. The van der Waals surface area contributed by atoms with Crippen LogP contribution in [-0.2, 0) is 16.6 Å². The minimum atomic E-state index is -4.64. The van der Waals surface area contributed by atoms with Crippen LogP contribution < -0.4 is 5.32 Å². The quantitative estimate of drug-likeness (QED) is 0.196. The molecule has 0 saturated heterocycles. The number of halogens is 4. The van der Waals surface area contributed by atoms with Crippen molar-refractivity contribution in [3.05, 3.63) is 76.9 Å². The van der Waals surface area contributed by atoms with Crippen molar-refractivity contribution in [3.8, 4) is 21.6 Å².